The molecular weight excluding hydrogens is 317 g/mol. The fraction of sp³-hybridized carbons (Fsp3) is 0.500. The van der Waals surface area contributed by atoms with Crippen LogP contribution in [0.4, 0.5) is 15.0 Å². The average molecular weight is 337 g/mol. The lowest BCUT2D eigenvalue weighted by atomic mass is 9.92. The van der Waals surface area contributed by atoms with Gasteiger partial charge in [-0.2, -0.15) is 0 Å². The zero-order chi connectivity index (χ0) is 17.4. The van der Waals surface area contributed by atoms with Crippen LogP contribution in [0.1, 0.15) is 24.9 Å². The summed E-state index contributed by atoms with van der Waals surface area (Å²) < 4.78 is 19.1. The summed E-state index contributed by atoms with van der Waals surface area (Å²) in [5, 5.41) is 9.60. The van der Waals surface area contributed by atoms with Gasteiger partial charge in [0, 0.05) is 18.8 Å². The van der Waals surface area contributed by atoms with Crippen LogP contribution in [0.3, 0.4) is 0 Å². The van der Waals surface area contributed by atoms with E-state index in [4.69, 9.17) is 10.5 Å². The molecule has 0 bridgehead atoms. The van der Waals surface area contributed by atoms with Gasteiger partial charge in [-0.25, -0.2) is 4.79 Å². The largest absolute Gasteiger partial charge is 0.441 e. The molecule has 4 atom stereocenters. The Morgan fingerprint density at radius 3 is 2.62 bits per heavy atom. The number of nitrogens with two attached hydrogens (primary N) is 1. The minimum Gasteiger partial charge on any atom is -0.441 e. The molecule has 0 aromatic heterocycles. The highest BCUT2D eigenvalue weighted by atomic mass is 19.2. The van der Waals surface area contributed by atoms with Gasteiger partial charge >= 0.3 is 6.09 Å². The van der Waals surface area contributed by atoms with E-state index >= 15 is 0 Å². The number of hydrogen-bond acceptors (Lipinski definition) is 5. The number of primary amides is 1. The maximum Gasteiger partial charge on any atom is 0.439 e. The number of carbonyl (C=O) groups is 2. The minimum absolute atomic E-state index is 0.00127. The number of halogens is 1. The van der Waals surface area contributed by atoms with Crippen molar-refractivity contribution in [1.82, 2.24) is 5.12 Å². The van der Waals surface area contributed by atoms with Gasteiger partial charge < -0.3 is 20.5 Å². The first-order chi connectivity index (χ1) is 11.4. The lowest BCUT2D eigenvalue weighted by Gasteiger charge is -2.23. The first-order valence-electron chi connectivity index (χ1n) is 7.86. The fourth-order valence-electron chi connectivity index (χ4n) is 3.19. The highest BCUT2D eigenvalue weighted by Crippen LogP contribution is 2.38. The molecule has 0 aliphatic carbocycles. The maximum absolute atomic E-state index is 14.2. The highest BCUT2D eigenvalue weighted by molar-refractivity contribution is 5.79. The van der Waals surface area contributed by atoms with Gasteiger partial charge in [-0.15, -0.1) is 5.12 Å². The molecule has 2 fully saturated rings. The van der Waals surface area contributed by atoms with Crippen LogP contribution in [0.25, 0.3) is 0 Å². The van der Waals surface area contributed by atoms with Crippen LogP contribution in [0, 0.1) is 5.92 Å². The van der Waals surface area contributed by atoms with Crippen molar-refractivity contribution < 1.29 is 23.9 Å². The van der Waals surface area contributed by atoms with Crippen LogP contribution in [0.5, 0.6) is 0 Å². The number of ether oxygens (including phenoxy) is 1. The average Bonchev–Trinajstić information content (AvgIpc) is 3.11. The van der Waals surface area contributed by atoms with E-state index in [2.05, 4.69) is 0 Å². The molecule has 3 N–H and O–H groups in total. The lowest BCUT2D eigenvalue weighted by Crippen LogP contribution is -2.35. The standard InChI is InChI=1S/C16H20FN3O4/c1-9(15(18)22)14-13(20(17)16(23)24-14)10-2-4-11(5-3-10)19-7-6-12(21)8-19/h2-5,9,12-14,21H,6-8H2,1H3,(H2,18,22). The molecule has 4 unspecified atom stereocenters. The normalized spacial score (nSPS) is 28.1. The molecule has 0 radical (unpaired) electrons. The predicted octanol–water partition coefficient (Wildman–Crippen LogP) is 1.13. The monoisotopic (exact) mass is 337 g/mol. The number of cyclic esters (lactones) is 1. The second kappa shape index (κ2) is 6.27. The summed E-state index contributed by atoms with van der Waals surface area (Å²) in [7, 11) is 0. The van der Waals surface area contributed by atoms with Crippen molar-refractivity contribution in [3.8, 4) is 0 Å². The molecule has 2 amide bonds. The second-order valence-corrected chi connectivity index (χ2v) is 6.28. The number of amides is 2. The summed E-state index contributed by atoms with van der Waals surface area (Å²) >= 11 is 0. The molecule has 2 aliphatic heterocycles. The van der Waals surface area contributed by atoms with Crippen LogP contribution in [0.2, 0.25) is 0 Å². The molecule has 3 rings (SSSR count). The molecule has 24 heavy (non-hydrogen) atoms. The molecule has 0 spiro atoms. The Hall–Kier alpha value is -2.35. The third kappa shape index (κ3) is 2.89. The number of hydrogen-bond donors (Lipinski definition) is 2. The van der Waals surface area contributed by atoms with E-state index in [0.29, 0.717) is 18.5 Å². The van der Waals surface area contributed by atoms with Gasteiger partial charge in [0.15, 0.2) is 0 Å². The molecule has 7 nitrogen and oxygen atoms in total. The molecule has 0 saturated carbocycles. The number of anilines is 1. The van der Waals surface area contributed by atoms with Gasteiger partial charge in [0.1, 0.15) is 12.1 Å². The van der Waals surface area contributed by atoms with E-state index in [9.17, 15) is 19.2 Å². The predicted molar refractivity (Wildman–Crippen MR) is 83.6 cm³/mol. The van der Waals surface area contributed by atoms with Crippen molar-refractivity contribution >= 4 is 17.7 Å². The maximum atomic E-state index is 14.2. The highest BCUT2D eigenvalue weighted by Gasteiger charge is 2.47. The summed E-state index contributed by atoms with van der Waals surface area (Å²) in [4.78, 5) is 25.0. The number of rotatable bonds is 4. The number of aliphatic hydroxyl groups excluding tert-OH is 1. The molecular formula is C16H20FN3O4. The number of nitrogens with zero attached hydrogens (tertiary/aromatic N) is 2. The summed E-state index contributed by atoms with van der Waals surface area (Å²) in [6, 6.07) is 5.98. The third-order valence-electron chi connectivity index (χ3n) is 4.67. The van der Waals surface area contributed by atoms with Gasteiger partial charge in [0.25, 0.3) is 0 Å². The van der Waals surface area contributed by atoms with E-state index in [1.807, 2.05) is 4.90 Å². The van der Waals surface area contributed by atoms with Gasteiger partial charge in [-0.05, 0) is 31.0 Å². The smallest absolute Gasteiger partial charge is 0.439 e. The van der Waals surface area contributed by atoms with Gasteiger partial charge in [0.05, 0.1) is 12.0 Å². The Morgan fingerprint density at radius 2 is 2.08 bits per heavy atom. The first kappa shape index (κ1) is 16.5. The Labute approximate surface area is 138 Å². The van der Waals surface area contributed by atoms with Crippen molar-refractivity contribution in [2.75, 3.05) is 18.0 Å². The first-order valence-corrected chi connectivity index (χ1v) is 7.86. The Morgan fingerprint density at radius 1 is 1.42 bits per heavy atom. The minimum atomic E-state index is -1.12. The van der Waals surface area contributed by atoms with Crippen molar-refractivity contribution in [1.29, 1.82) is 0 Å². The van der Waals surface area contributed by atoms with Crippen LogP contribution < -0.4 is 10.6 Å². The van der Waals surface area contributed by atoms with Crippen molar-refractivity contribution in [2.24, 2.45) is 11.7 Å². The summed E-state index contributed by atoms with van der Waals surface area (Å²) in [5.41, 5.74) is 6.69. The van der Waals surface area contributed by atoms with Gasteiger partial charge in [-0.1, -0.05) is 16.6 Å². The van der Waals surface area contributed by atoms with Crippen molar-refractivity contribution in [3.63, 3.8) is 0 Å². The van der Waals surface area contributed by atoms with E-state index in [-0.39, 0.29) is 11.2 Å². The van der Waals surface area contributed by atoms with Crippen molar-refractivity contribution in [2.45, 2.75) is 31.6 Å². The topological polar surface area (TPSA) is 96.1 Å². The van der Waals surface area contributed by atoms with Gasteiger partial charge in [0.2, 0.25) is 5.91 Å². The van der Waals surface area contributed by atoms with E-state index in [0.717, 1.165) is 12.2 Å². The number of β-amino-alcohol motifs (C(OH)–C–C–N with tert-alkyl or cyclic N) is 1. The zero-order valence-corrected chi connectivity index (χ0v) is 13.3. The summed E-state index contributed by atoms with van der Waals surface area (Å²) in [5.74, 6) is -1.47. The Kier molecular flexibility index (Phi) is 4.31. The van der Waals surface area contributed by atoms with E-state index in [1.54, 1.807) is 24.3 Å². The third-order valence-corrected chi connectivity index (χ3v) is 4.67. The lowest BCUT2D eigenvalue weighted by molar-refractivity contribution is -0.124. The molecule has 2 aliphatic rings. The summed E-state index contributed by atoms with van der Waals surface area (Å²) in [6.07, 6.45) is -1.72. The Bertz CT molecular complexity index is 639. The number of carbonyl (C=O) groups excluding carboxylic acids is 2. The van der Waals surface area contributed by atoms with Crippen LogP contribution in [-0.2, 0) is 9.53 Å². The molecule has 1 aromatic rings. The summed E-state index contributed by atoms with van der Waals surface area (Å²) in [6.45, 7) is 2.81. The number of aliphatic hydroxyl groups is 1. The van der Waals surface area contributed by atoms with Crippen LogP contribution >= 0.6 is 0 Å². The quantitative estimate of drug-likeness (QED) is 0.803. The molecule has 130 valence electrons. The Balaban J connectivity index is 1.83. The van der Waals surface area contributed by atoms with Crippen molar-refractivity contribution in [3.05, 3.63) is 29.8 Å². The zero-order valence-electron chi connectivity index (χ0n) is 13.3. The van der Waals surface area contributed by atoms with Crippen LogP contribution in [0.15, 0.2) is 24.3 Å². The molecule has 2 heterocycles. The molecule has 1 aromatic carbocycles. The fourth-order valence-corrected chi connectivity index (χ4v) is 3.19. The van der Waals surface area contributed by atoms with Crippen LogP contribution in [-0.4, -0.2) is 47.5 Å². The van der Waals surface area contributed by atoms with E-state index < -0.39 is 30.1 Å². The molecule has 8 heteroatoms. The van der Waals surface area contributed by atoms with E-state index in [1.165, 1.54) is 6.92 Å². The molecule has 2 saturated heterocycles. The SMILES string of the molecule is CC(C(N)=O)C1OC(=O)N(F)C1c1ccc(N2CCC(O)C2)cc1. The number of benzene rings is 1. The second-order valence-electron chi connectivity index (χ2n) is 6.28. The van der Waals surface area contributed by atoms with Gasteiger partial charge in [-0.3, -0.25) is 4.79 Å².